The lowest BCUT2D eigenvalue weighted by Crippen LogP contribution is -2.22. The van der Waals surface area contributed by atoms with E-state index in [0.29, 0.717) is 0 Å². The van der Waals surface area contributed by atoms with Gasteiger partial charge in [-0.25, -0.2) is 0 Å². The Morgan fingerprint density at radius 1 is 1.07 bits per heavy atom. The van der Waals surface area contributed by atoms with Gasteiger partial charge in [0, 0.05) is 22.3 Å². The quantitative estimate of drug-likeness (QED) is 0.769. The molecule has 0 fully saturated rings. The zero-order chi connectivity index (χ0) is 10.7. The molecule has 1 aromatic rings. The van der Waals surface area contributed by atoms with Crippen LogP contribution in [0.4, 0.5) is 5.69 Å². The average molecular weight is 303 g/mol. The van der Waals surface area contributed by atoms with Crippen molar-refractivity contribution < 1.29 is 0 Å². The first-order valence-electron chi connectivity index (χ1n) is 5.11. The predicted octanol–water partition coefficient (Wildman–Crippen LogP) is 3.75. The number of benzene rings is 1. The normalized spacial score (nSPS) is 10.4. The molecule has 0 aliphatic carbocycles. The maximum absolute atomic E-state index is 2.41. The van der Waals surface area contributed by atoms with Crippen LogP contribution in [-0.4, -0.2) is 13.1 Å². The van der Waals surface area contributed by atoms with Crippen molar-refractivity contribution >= 4 is 28.3 Å². The molecule has 0 radical (unpaired) electrons. The molecule has 0 heterocycles. The highest BCUT2D eigenvalue weighted by Crippen LogP contribution is 2.24. The van der Waals surface area contributed by atoms with Crippen molar-refractivity contribution in [1.82, 2.24) is 0 Å². The van der Waals surface area contributed by atoms with E-state index in [-0.39, 0.29) is 0 Å². The summed E-state index contributed by atoms with van der Waals surface area (Å²) in [5, 5.41) is 0. The highest BCUT2D eigenvalue weighted by Gasteiger charge is 2.06. The van der Waals surface area contributed by atoms with Crippen LogP contribution in [0.3, 0.4) is 0 Å². The van der Waals surface area contributed by atoms with Crippen LogP contribution in [0.5, 0.6) is 0 Å². The maximum atomic E-state index is 2.41. The highest BCUT2D eigenvalue weighted by atomic mass is 127. The van der Waals surface area contributed by atoms with Gasteiger partial charge < -0.3 is 4.90 Å². The zero-order valence-corrected chi connectivity index (χ0v) is 11.6. The fourth-order valence-electron chi connectivity index (χ4n) is 1.69. The van der Waals surface area contributed by atoms with Gasteiger partial charge in [-0.1, -0.05) is 0 Å². The van der Waals surface area contributed by atoms with Gasteiger partial charge in [0.05, 0.1) is 0 Å². The standard InChI is InChI=1S/C12H18IN/c1-5-14(6-2)11-7-9(3)12(13)10(4)8-11/h7-8H,5-6H2,1-4H3. The first-order valence-corrected chi connectivity index (χ1v) is 6.19. The van der Waals surface area contributed by atoms with Crippen molar-refractivity contribution in [3.8, 4) is 0 Å². The number of anilines is 1. The van der Waals surface area contributed by atoms with Gasteiger partial charge in [-0.2, -0.15) is 0 Å². The fourth-order valence-corrected chi connectivity index (χ4v) is 2.01. The van der Waals surface area contributed by atoms with Crippen molar-refractivity contribution in [3.63, 3.8) is 0 Å². The van der Waals surface area contributed by atoms with Crippen molar-refractivity contribution in [2.24, 2.45) is 0 Å². The Bertz CT molecular complexity index is 293. The SMILES string of the molecule is CCN(CC)c1cc(C)c(I)c(C)c1. The molecule has 14 heavy (non-hydrogen) atoms. The first kappa shape index (κ1) is 11.8. The Morgan fingerprint density at radius 2 is 1.50 bits per heavy atom. The van der Waals surface area contributed by atoms with E-state index >= 15 is 0 Å². The third-order valence-corrected chi connectivity index (χ3v) is 4.25. The second kappa shape index (κ2) is 5.01. The van der Waals surface area contributed by atoms with Crippen LogP contribution in [0.1, 0.15) is 25.0 Å². The summed E-state index contributed by atoms with van der Waals surface area (Å²) in [4.78, 5) is 2.38. The van der Waals surface area contributed by atoms with E-state index in [0.717, 1.165) is 13.1 Å². The van der Waals surface area contributed by atoms with Gasteiger partial charge in [-0.3, -0.25) is 0 Å². The lowest BCUT2D eigenvalue weighted by atomic mass is 10.1. The summed E-state index contributed by atoms with van der Waals surface area (Å²) in [7, 11) is 0. The summed E-state index contributed by atoms with van der Waals surface area (Å²) in [6.45, 7) is 10.9. The smallest absolute Gasteiger partial charge is 0.0372 e. The zero-order valence-electron chi connectivity index (χ0n) is 9.39. The summed E-state index contributed by atoms with van der Waals surface area (Å²) < 4.78 is 1.39. The Balaban J connectivity index is 3.11. The Hall–Kier alpha value is -0.250. The number of nitrogens with zero attached hydrogens (tertiary/aromatic N) is 1. The minimum Gasteiger partial charge on any atom is -0.372 e. The molecule has 0 atom stereocenters. The van der Waals surface area contributed by atoms with Gasteiger partial charge in [0.15, 0.2) is 0 Å². The van der Waals surface area contributed by atoms with Crippen LogP contribution < -0.4 is 4.90 Å². The molecule has 0 aromatic heterocycles. The highest BCUT2D eigenvalue weighted by molar-refractivity contribution is 14.1. The molecule has 2 heteroatoms. The lowest BCUT2D eigenvalue weighted by molar-refractivity contribution is 0.864. The summed E-state index contributed by atoms with van der Waals surface area (Å²) in [5.41, 5.74) is 4.12. The van der Waals surface area contributed by atoms with E-state index < -0.39 is 0 Å². The lowest BCUT2D eigenvalue weighted by Gasteiger charge is -2.22. The topological polar surface area (TPSA) is 3.24 Å². The van der Waals surface area contributed by atoms with E-state index in [1.54, 1.807) is 0 Å². The molecule has 0 aliphatic rings. The van der Waals surface area contributed by atoms with Gasteiger partial charge in [0.25, 0.3) is 0 Å². The third kappa shape index (κ3) is 2.41. The Kier molecular flexibility index (Phi) is 4.23. The summed E-state index contributed by atoms with van der Waals surface area (Å²) >= 11 is 2.41. The van der Waals surface area contributed by atoms with E-state index in [4.69, 9.17) is 0 Å². The molecular weight excluding hydrogens is 285 g/mol. The largest absolute Gasteiger partial charge is 0.372 e. The molecule has 0 N–H and O–H groups in total. The summed E-state index contributed by atoms with van der Waals surface area (Å²) in [5.74, 6) is 0. The molecular formula is C12H18IN. The van der Waals surface area contributed by atoms with Crippen molar-refractivity contribution in [2.75, 3.05) is 18.0 Å². The predicted molar refractivity (Wildman–Crippen MR) is 72.2 cm³/mol. The van der Waals surface area contributed by atoms with Crippen LogP contribution in [0.2, 0.25) is 0 Å². The van der Waals surface area contributed by atoms with Crippen LogP contribution in [-0.2, 0) is 0 Å². The Labute approximate surface area is 101 Å². The number of halogens is 1. The second-order valence-electron chi connectivity index (χ2n) is 3.57. The van der Waals surface area contributed by atoms with Gasteiger partial charge in [0.2, 0.25) is 0 Å². The minimum absolute atomic E-state index is 1.08. The van der Waals surface area contributed by atoms with Crippen molar-refractivity contribution in [3.05, 3.63) is 26.8 Å². The number of hydrogen-bond donors (Lipinski definition) is 0. The number of hydrogen-bond acceptors (Lipinski definition) is 1. The van der Waals surface area contributed by atoms with Crippen LogP contribution in [0, 0.1) is 17.4 Å². The van der Waals surface area contributed by atoms with Crippen molar-refractivity contribution in [1.29, 1.82) is 0 Å². The second-order valence-corrected chi connectivity index (χ2v) is 4.64. The molecule has 0 bridgehead atoms. The molecule has 0 spiro atoms. The third-order valence-electron chi connectivity index (χ3n) is 2.55. The summed E-state index contributed by atoms with van der Waals surface area (Å²) in [6.07, 6.45) is 0. The van der Waals surface area contributed by atoms with E-state index in [9.17, 15) is 0 Å². The Morgan fingerprint density at radius 3 is 1.86 bits per heavy atom. The van der Waals surface area contributed by atoms with Crippen LogP contribution >= 0.6 is 22.6 Å². The molecule has 78 valence electrons. The first-order chi connectivity index (χ1) is 6.60. The van der Waals surface area contributed by atoms with E-state index in [1.165, 1.54) is 20.4 Å². The molecule has 0 saturated carbocycles. The van der Waals surface area contributed by atoms with E-state index in [2.05, 4.69) is 67.3 Å². The molecule has 0 unspecified atom stereocenters. The maximum Gasteiger partial charge on any atom is 0.0372 e. The molecule has 1 rings (SSSR count). The van der Waals surface area contributed by atoms with Gasteiger partial charge in [-0.05, 0) is 73.5 Å². The van der Waals surface area contributed by atoms with Gasteiger partial charge in [0.1, 0.15) is 0 Å². The number of aryl methyl sites for hydroxylation is 2. The molecule has 0 saturated heterocycles. The van der Waals surface area contributed by atoms with Gasteiger partial charge >= 0.3 is 0 Å². The van der Waals surface area contributed by atoms with Crippen LogP contribution in [0.25, 0.3) is 0 Å². The van der Waals surface area contributed by atoms with Gasteiger partial charge in [-0.15, -0.1) is 0 Å². The monoisotopic (exact) mass is 303 g/mol. The fraction of sp³-hybridized carbons (Fsp3) is 0.500. The van der Waals surface area contributed by atoms with Crippen LogP contribution in [0.15, 0.2) is 12.1 Å². The molecule has 0 amide bonds. The molecule has 1 aromatic carbocycles. The minimum atomic E-state index is 1.08. The number of rotatable bonds is 3. The molecule has 0 aliphatic heterocycles. The van der Waals surface area contributed by atoms with E-state index in [1.807, 2.05) is 0 Å². The molecule has 1 nitrogen and oxygen atoms in total. The summed E-state index contributed by atoms with van der Waals surface area (Å²) in [6, 6.07) is 4.56. The average Bonchev–Trinajstić information content (AvgIpc) is 2.16. The van der Waals surface area contributed by atoms with Crippen molar-refractivity contribution in [2.45, 2.75) is 27.7 Å².